The van der Waals surface area contributed by atoms with E-state index < -0.39 is 17.7 Å². The molecule has 1 amide bonds. The monoisotopic (exact) mass is 331 g/mol. The van der Waals surface area contributed by atoms with E-state index in [1.54, 1.807) is 4.90 Å². The number of ether oxygens (including phenoxy) is 2. The zero-order chi connectivity index (χ0) is 17.2. The third-order valence-corrected chi connectivity index (χ3v) is 3.50. The number of amides is 1. The molecule has 1 unspecified atom stereocenters. The van der Waals surface area contributed by atoms with Crippen LogP contribution in [0, 0.1) is 0 Å². The third kappa shape index (κ3) is 3.73. The summed E-state index contributed by atoms with van der Waals surface area (Å²) in [4.78, 5) is 14.0. The minimum Gasteiger partial charge on any atom is -0.444 e. The second-order valence-corrected chi connectivity index (χ2v) is 6.58. The Morgan fingerprint density at radius 3 is 2.71 bits per heavy atom. The first-order valence-corrected chi connectivity index (χ1v) is 7.90. The molecule has 128 valence electrons. The van der Waals surface area contributed by atoms with E-state index in [4.69, 9.17) is 13.9 Å². The summed E-state index contributed by atoms with van der Waals surface area (Å²) in [5.74, 6) is 0.764. The van der Waals surface area contributed by atoms with E-state index in [2.05, 4.69) is 10.2 Å². The summed E-state index contributed by atoms with van der Waals surface area (Å²) in [6.45, 7) is 6.68. The first kappa shape index (κ1) is 16.4. The number of morpholine rings is 1. The van der Waals surface area contributed by atoms with Gasteiger partial charge >= 0.3 is 6.09 Å². The molecule has 0 saturated carbocycles. The van der Waals surface area contributed by atoms with Crippen LogP contribution in [0.4, 0.5) is 4.79 Å². The Kier molecular flexibility index (Phi) is 4.53. The van der Waals surface area contributed by atoms with Crippen molar-refractivity contribution >= 4 is 6.09 Å². The van der Waals surface area contributed by atoms with Gasteiger partial charge in [0.15, 0.2) is 0 Å². The number of hydrogen-bond donors (Lipinski definition) is 0. The number of hydrogen-bond acceptors (Lipinski definition) is 6. The lowest BCUT2D eigenvalue weighted by Gasteiger charge is -2.34. The molecule has 1 saturated heterocycles. The molecule has 0 radical (unpaired) electrons. The quantitative estimate of drug-likeness (QED) is 0.842. The number of carbonyl (C=O) groups excluding carboxylic acids is 1. The van der Waals surface area contributed by atoms with E-state index in [1.807, 2.05) is 51.1 Å². The molecular formula is C17H21N3O4. The third-order valence-electron chi connectivity index (χ3n) is 3.50. The van der Waals surface area contributed by atoms with Crippen LogP contribution in [0.3, 0.4) is 0 Å². The molecule has 1 atom stereocenters. The fraction of sp³-hybridized carbons (Fsp3) is 0.471. The Morgan fingerprint density at radius 1 is 1.25 bits per heavy atom. The van der Waals surface area contributed by atoms with Crippen LogP contribution in [-0.2, 0) is 9.47 Å². The molecule has 0 N–H and O–H groups in total. The Bertz CT molecular complexity index is 693. The average Bonchev–Trinajstić information content (AvgIpc) is 3.04. The molecule has 1 aliphatic rings. The van der Waals surface area contributed by atoms with Gasteiger partial charge in [-0.3, -0.25) is 4.90 Å². The lowest BCUT2D eigenvalue weighted by Crippen LogP contribution is -2.45. The Morgan fingerprint density at radius 2 is 2.00 bits per heavy atom. The summed E-state index contributed by atoms with van der Waals surface area (Å²) in [6, 6.07) is 9.05. The molecule has 1 aliphatic heterocycles. The Labute approximate surface area is 140 Å². The highest BCUT2D eigenvalue weighted by Crippen LogP contribution is 2.27. The van der Waals surface area contributed by atoms with Crippen molar-refractivity contribution in [3.63, 3.8) is 0 Å². The van der Waals surface area contributed by atoms with Crippen molar-refractivity contribution < 1.29 is 18.7 Å². The maximum absolute atomic E-state index is 12.4. The van der Waals surface area contributed by atoms with Gasteiger partial charge in [0.1, 0.15) is 11.6 Å². The van der Waals surface area contributed by atoms with E-state index in [-0.39, 0.29) is 0 Å². The summed E-state index contributed by atoms with van der Waals surface area (Å²) >= 11 is 0. The zero-order valence-electron chi connectivity index (χ0n) is 14.1. The van der Waals surface area contributed by atoms with Crippen molar-refractivity contribution in [3.8, 4) is 11.5 Å². The summed E-state index contributed by atoms with van der Waals surface area (Å²) < 4.78 is 16.7. The molecule has 24 heavy (non-hydrogen) atoms. The summed E-state index contributed by atoms with van der Waals surface area (Å²) in [5, 5.41) is 8.18. The van der Waals surface area contributed by atoms with E-state index in [9.17, 15) is 4.79 Å². The minimum absolute atomic E-state index is 0.301. The number of rotatable bonds is 2. The second-order valence-electron chi connectivity index (χ2n) is 6.58. The summed E-state index contributed by atoms with van der Waals surface area (Å²) in [6.07, 6.45) is -0.407. The van der Waals surface area contributed by atoms with Gasteiger partial charge < -0.3 is 13.9 Å². The standard InChI is InChI=1S/C17H21N3O4/c1-17(2,3)24-16(21)20-9-10-22-11-13(20)15-19-18-14(23-15)12-7-5-4-6-8-12/h4-8,13H,9-11H2,1-3H3. The zero-order valence-corrected chi connectivity index (χ0v) is 14.1. The number of benzene rings is 1. The largest absolute Gasteiger partial charge is 0.444 e. The van der Waals surface area contributed by atoms with E-state index in [1.165, 1.54) is 0 Å². The fourth-order valence-corrected chi connectivity index (χ4v) is 2.41. The maximum atomic E-state index is 12.4. The van der Waals surface area contributed by atoms with Crippen LogP contribution in [0.5, 0.6) is 0 Å². The minimum atomic E-state index is -0.565. The van der Waals surface area contributed by atoms with Gasteiger partial charge in [-0.2, -0.15) is 0 Å². The molecule has 2 aromatic rings. The maximum Gasteiger partial charge on any atom is 0.411 e. The molecule has 7 heteroatoms. The lowest BCUT2D eigenvalue weighted by atomic mass is 10.2. The molecule has 7 nitrogen and oxygen atoms in total. The van der Waals surface area contributed by atoms with Crippen molar-refractivity contribution in [2.45, 2.75) is 32.4 Å². The van der Waals surface area contributed by atoms with Crippen molar-refractivity contribution in [1.29, 1.82) is 0 Å². The highest BCUT2D eigenvalue weighted by atomic mass is 16.6. The van der Waals surface area contributed by atoms with Crippen LogP contribution in [-0.4, -0.2) is 46.6 Å². The number of carbonyl (C=O) groups is 1. The fourth-order valence-electron chi connectivity index (χ4n) is 2.41. The number of aromatic nitrogens is 2. The molecule has 0 bridgehead atoms. The summed E-state index contributed by atoms with van der Waals surface area (Å²) in [7, 11) is 0. The average molecular weight is 331 g/mol. The normalized spacial score (nSPS) is 18.5. The van der Waals surface area contributed by atoms with Gasteiger partial charge in [-0.25, -0.2) is 4.79 Å². The first-order valence-electron chi connectivity index (χ1n) is 7.90. The highest BCUT2D eigenvalue weighted by molar-refractivity contribution is 5.68. The van der Waals surface area contributed by atoms with Crippen LogP contribution in [0.1, 0.15) is 32.7 Å². The molecular weight excluding hydrogens is 310 g/mol. The summed E-state index contributed by atoms with van der Waals surface area (Å²) in [5.41, 5.74) is 0.265. The molecule has 0 spiro atoms. The van der Waals surface area contributed by atoms with E-state index in [0.29, 0.717) is 31.5 Å². The van der Waals surface area contributed by atoms with Crippen molar-refractivity contribution in [1.82, 2.24) is 15.1 Å². The van der Waals surface area contributed by atoms with E-state index in [0.717, 1.165) is 5.56 Å². The van der Waals surface area contributed by atoms with Gasteiger partial charge in [-0.1, -0.05) is 18.2 Å². The first-order chi connectivity index (χ1) is 11.4. The molecule has 1 fully saturated rings. The van der Waals surface area contributed by atoms with Crippen LogP contribution < -0.4 is 0 Å². The number of nitrogens with zero attached hydrogens (tertiary/aromatic N) is 3. The van der Waals surface area contributed by atoms with Gasteiger partial charge in [-0.15, -0.1) is 10.2 Å². The van der Waals surface area contributed by atoms with Gasteiger partial charge in [0.2, 0.25) is 11.8 Å². The van der Waals surface area contributed by atoms with Crippen LogP contribution in [0.25, 0.3) is 11.5 Å². The van der Waals surface area contributed by atoms with E-state index >= 15 is 0 Å². The second kappa shape index (κ2) is 6.60. The van der Waals surface area contributed by atoms with Crippen molar-refractivity contribution in [2.24, 2.45) is 0 Å². The Balaban J connectivity index is 1.81. The van der Waals surface area contributed by atoms with Gasteiger partial charge in [0.05, 0.1) is 13.2 Å². The molecule has 1 aromatic heterocycles. The van der Waals surface area contributed by atoms with Crippen molar-refractivity contribution in [3.05, 3.63) is 36.2 Å². The topological polar surface area (TPSA) is 77.7 Å². The SMILES string of the molecule is CC(C)(C)OC(=O)N1CCOCC1c1nnc(-c2ccccc2)o1. The van der Waals surface area contributed by atoms with Crippen molar-refractivity contribution in [2.75, 3.05) is 19.8 Å². The van der Waals surface area contributed by atoms with Crippen LogP contribution >= 0.6 is 0 Å². The Hall–Kier alpha value is -2.41. The molecule has 2 heterocycles. The molecule has 1 aromatic carbocycles. The predicted molar refractivity (Wildman–Crippen MR) is 86.2 cm³/mol. The van der Waals surface area contributed by atoms with Gasteiger partial charge in [0.25, 0.3) is 0 Å². The predicted octanol–water partition coefficient (Wildman–Crippen LogP) is 3.05. The van der Waals surface area contributed by atoms with Crippen LogP contribution in [0.15, 0.2) is 34.7 Å². The lowest BCUT2D eigenvalue weighted by molar-refractivity contribution is -0.0389. The van der Waals surface area contributed by atoms with Gasteiger partial charge in [0, 0.05) is 12.1 Å². The highest BCUT2D eigenvalue weighted by Gasteiger charge is 2.35. The van der Waals surface area contributed by atoms with Crippen LogP contribution in [0.2, 0.25) is 0 Å². The molecule has 3 rings (SSSR count). The van der Waals surface area contributed by atoms with Gasteiger partial charge in [-0.05, 0) is 32.9 Å². The smallest absolute Gasteiger partial charge is 0.411 e. The molecule has 0 aliphatic carbocycles.